The molecule has 0 radical (unpaired) electrons. The van der Waals surface area contributed by atoms with Gasteiger partial charge in [0.1, 0.15) is 6.61 Å². The van der Waals surface area contributed by atoms with E-state index in [4.69, 9.17) is 14.6 Å². The molecule has 4 N–H and O–H groups in total. The number of ether oxygens (including phenoxy) is 2. The van der Waals surface area contributed by atoms with E-state index in [9.17, 15) is 14.4 Å². The molecule has 45 heavy (non-hydrogen) atoms. The van der Waals surface area contributed by atoms with Gasteiger partial charge in [-0.15, -0.1) is 13.2 Å². The van der Waals surface area contributed by atoms with Crippen LogP contribution < -0.4 is 10.6 Å². The third kappa shape index (κ3) is 12.4. The Morgan fingerprint density at radius 3 is 2.49 bits per heavy atom. The minimum atomic E-state index is -0.647. The summed E-state index contributed by atoms with van der Waals surface area (Å²) in [5.41, 5.74) is 3.02. The summed E-state index contributed by atoms with van der Waals surface area (Å²) in [5, 5.41) is 15.7. The number of allylic oxidation sites excluding steroid dienone is 2. The molecular formula is C36H47N3O6. The van der Waals surface area contributed by atoms with Crippen molar-refractivity contribution in [3.63, 3.8) is 0 Å². The van der Waals surface area contributed by atoms with Gasteiger partial charge in [-0.05, 0) is 55.7 Å². The van der Waals surface area contributed by atoms with Gasteiger partial charge in [-0.2, -0.15) is 0 Å². The maximum Gasteiger partial charge on any atom is 0.309 e. The second-order valence-electron chi connectivity index (χ2n) is 11.1. The van der Waals surface area contributed by atoms with E-state index >= 15 is 0 Å². The average molecular weight is 618 g/mol. The van der Waals surface area contributed by atoms with Crippen molar-refractivity contribution in [3.8, 4) is 0 Å². The van der Waals surface area contributed by atoms with Crippen LogP contribution in [0.1, 0.15) is 43.2 Å². The molecular weight excluding hydrogens is 570 g/mol. The second kappa shape index (κ2) is 19.9. The molecule has 2 aromatic carbocycles. The molecule has 1 aromatic heterocycles. The molecule has 0 saturated carbocycles. The molecule has 242 valence electrons. The lowest BCUT2D eigenvalue weighted by atomic mass is 9.94. The molecule has 3 rings (SSSR count). The lowest BCUT2D eigenvalue weighted by molar-refractivity contribution is -0.150. The number of amides is 2. The average Bonchev–Trinajstić information content (AvgIpc) is 3.45. The number of hydrogen-bond acceptors (Lipinski definition) is 6. The van der Waals surface area contributed by atoms with E-state index in [0.29, 0.717) is 25.7 Å². The second-order valence-corrected chi connectivity index (χ2v) is 11.1. The van der Waals surface area contributed by atoms with Crippen LogP contribution in [0.4, 0.5) is 0 Å². The molecule has 3 atom stereocenters. The van der Waals surface area contributed by atoms with Crippen LogP contribution in [-0.2, 0) is 36.7 Å². The molecule has 0 aliphatic rings. The van der Waals surface area contributed by atoms with Gasteiger partial charge in [0.2, 0.25) is 11.8 Å². The molecule has 0 spiro atoms. The first-order chi connectivity index (χ1) is 21.9. The first-order valence-electron chi connectivity index (χ1n) is 15.7. The molecule has 3 aromatic rings. The largest absolute Gasteiger partial charge is 0.463 e. The Balaban J connectivity index is 1.71. The zero-order valence-electron chi connectivity index (χ0n) is 26.0. The van der Waals surface area contributed by atoms with Crippen LogP contribution in [-0.4, -0.2) is 66.9 Å². The summed E-state index contributed by atoms with van der Waals surface area (Å²) >= 11 is 0. The van der Waals surface area contributed by atoms with Crippen molar-refractivity contribution in [1.82, 2.24) is 15.6 Å². The van der Waals surface area contributed by atoms with Gasteiger partial charge in [0.15, 0.2) is 0 Å². The Morgan fingerprint density at radius 2 is 1.73 bits per heavy atom. The summed E-state index contributed by atoms with van der Waals surface area (Å²) in [6.45, 7) is 8.20. The zero-order valence-corrected chi connectivity index (χ0v) is 26.0. The van der Waals surface area contributed by atoms with E-state index < -0.39 is 12.0 Å². The molecule has 0 fully saturated rings. The summed E-state index contributed by atoms with van der Waals surface area (Å²) in [4.78, 5) is 42.8. The highest BCUT2D eigenvalue weighted by atomic mass is 16.5. The Morgan fingerprint density at radius 1 is 0.956 bits per heavy atom. The number of aromatic amines is 1. The minimum absolute atomic E-state index is 0.00791. The van der Waals surface area contributed by atoms with Crippen LogP contribution in [0.5, 0.6) is 0 Å². The minimum Gasteiger partial charge on any atom is -0.463 e. The SMILES string of the molecule is C=CCCC[C@H](Cc1ccccc1)C(=O)OC[C@H](Cc1c[nH]c2ccccc12)NC(=O)[C@@H](CC=C)CC(=O)NCCOCCO. The highest BCUT2D eigenvalue weighted by Crippen LogP contribution is 2.21. The summed E-state index contributed by atoms with van der Waals surface area (Å²) in [6.07, 6.45) is 8.96. The summed E-state index contributed by atoms with van der Waals surface area (Å²) in [7, 11) is 0. The lowest BCUT2D eigenvalue weighted by Crippen LogP contribution is -2.44. The van der Waals surface area contributed by atoms with Crippen molar-refractivity contribution in [2.24, 2.45) is 11.8 Å². The maximum atomic E-state index is 13.5. The quantitative estimate of drug-likeness (QED) is 0.0738. The third-order valence-electron chi connectivity index (χ3n) is 7.59. The van der Waals surface area contributed by atoms with Gasteiger partial charge in [-0.3, -0.25) is 14.4 Å². The molecule has 0 bridgehead atoms. The van der Waals surface area contributed by atoms with E-state index in [1.807, 2.05) is 66.9 Å². The smallest absolute Gasteiger partial charge is 0.309 e. The van der Waals surface area contributed by atoms with Gasteiger partial charge in [0, 0.05) is 30.1 Å². The number of aromatic nitrogens is 1. The molecule has 9 heteroatoms. The third-order valence-corrected chi connectivity index (χ3v) is 7.59. The molecule has 0 unspecified atom stereocenters. The van der Waals surface area contributed by atoms with Crippen molar-refractivity contribution in [2.45, 2.75) is 51.0 Å². The van der Waals surface area contributed by atoms with E-state index in [2.05, 4.69) is 28.8 Å². The summed E-state index contributed by atoms with van der Waals surface area (Å²) in [6, 6.07) is 17.3. The van der Waals surface area contributed by atoms with Crippen molar-refractivity contribution in [1.29, 1.82) is 0 Å². The molecule has 9 nitrogen and oxygen atoms in total. The number of unbranched alkanes of at least 4 members (excludes halogenated alkanes) is 1. The fourth-order valence-corrected chi connectivity index (χ4v) is 5.26. The highest BCUT2D eigenvalue weighted by molar-refractivity contribution is 5.86. The number of H-pyrrole nitrogens is 1. The fraction of sp³-hybridized carbons (Fsp3) is 0.417. The standard InChI is InChI=1S/C36H47N3O6/c1-3-5-7-15-29(22-27-13-8-6-9-14-27)36(43)45-26-31(23-30-25-38-33-17-11-10-16-32(30)33)39-35(42)28(12-4-2)24-34(41)37-18-20-44-21-19-40/h3-4,6,8-11,13-14,16-17,25,28-29,31,38,40H,1-2,5,7,12,15,18-24,26H2,(H,37,41)(H,39,42)/t28-,29+,31-/m0/s1. The van der Waals surface area contributed by atoms with Crippen molar-refractivity contribution in [3.05, 3.63) is 97.2 Å². The first kappa shape index (κ1) is 35.3. The van der Waals surface area contributed by atoms with Crippen LogP contribution >= 0.6 is 0 Å². The van der Waals surface area contributed by atoms with Crippen LogP contribution in [0.15, 0.2) is 86.1 Å². The molecule has 0 aliphatic carbocycles. The zero-order chi connectivity index (χ0) is 32.3. The predicted octanol–water partition coefficient (Wildman–Crippen LogP) is 4.66. The van der Waals surface area contributed by atoms with Crippen LogP contribution in [0.25, 0.3) is 10.9 Å². The normalized spacial score (nSPS) is 13.0. The van der Waals surface area contributed by atoms with Gasteiger partial charge < -0.3 is 30.2 Å². The number of aliphatic hydroxyl groups is 1. The lowest BCUT2D eigenvalue weighted by Gasteiger charge is -2.23. The van der Waals surface area contributed by atoms with E-state index in [1.54, 1.807) is 6.08 Å². The van der Waals surface area contributed by atoms with Crippen molar-refractivity contribution >= 4 is 28.7 Å². The van der Waals surface area contributed by atoms with Gasteiger partial charge in [-0.25, -0.2) is 0 Å². The predicted molar refractivity (Wildman–Crippen MR) is 176 cm³/mol. The molecule has 0 saturated heterocycles. The number of fused-ring (bicyclic) bond motifs is 1. The maximum absolute atomic E-state index is 13.5. The number of carbonyl (C=O) groups excluding carboxylic acids is 3. The fourth-order valence-electron chi connectivity index (χ4n) is 5.26. The number of esters is 1. The Bertz CT molecular complexity index is 1360. The van der Waals surface area contributed by atoms with Crippen LogP contribution in [0, 0.1) is 11.8 Å². The van der Waals surface area contributed by atoms with Crippen molar-refractivity contribution < 1.29 is 29.0 Å². The number of aliphatic hydroxyl groups excluding tert-OH is 1. The van der Waals surface area contributed by atoms with Crippen molar-refractivity contribution in [2.75, 3.05) is 33.0 Å². The van der Waals surface area contributed by atoms with Gasteiger partial charge in [0.25, 0.3) is 0 Å². The number of para-hydroxylation sites is 1. The Kier molecular flexibility index (Phi) is 15.6. The Labute approximate surface area is 266 Å². The highest BCUT2D eigenvalue weighted by Gasteiger charge is 2.26. The number of hydrogen-bond donors (Lipinski definition) is 4. The van der Waals surface area contributed by atoms with E-state index in [0.717, 1.165) is 34.9 Å². The van der Waals surface area contributed by atoms with E-state index in [-0.39, 0.29) is 63.1 Å². The number of rotatable bonds is 22. The monoisotopic (exact) mass is 617 g/mol. The summed E-state index contributed by atoms with van der Waals surface area (Å²) in [5.74, 6) is -1.87. The summed E-state index contributed by atoms with van der Waals surface area (Å²) < 4.78 is 11.1. The molecule has 0 aliphatic heterocycles. The number of nitrogens with one attached hydrogen (secondary N) is 3. The van der Waals surface area contributed by atoms with Gasteiger partial charge in [-0.1, -0.05) is 60.7 Å². The first-order valence-corrected chi connectivity index (χ1v) is 15.7. The van der Waals surface area contributed by atoms with E-state index in [1.165, 1.54) is 0 Å². The van der Waals surface area contributed by atoms with Gasteiger partial charge in [0.05, 0.1) is 37.7 Å². The molecule has 1 heterocycles. The molecule has 2 amide bonds. The van der Waals surface area contributed by atoms with Crippen LogP contribution in [0.3, 0.4) is 0 Å². The number of carbonyl (C=O) groups is 3. The van der Waals surface area contributed by atoms with Gasteiger partial charge >= 0.3 is 5.97 Å². The van der Waals surface area contributed by atoms with Crippen LogP contribution in [0.2, 0.25) is 0 Å². The Hall–Kier alpha value is -4.21. The number of benzene rings is 2. The topological polar surface area (TPSA) is 130 Å².